The molecule has 4 heteroatoms. The topological polar surface area (TPSA) is 15.3 Å². The minimum Gasteiger partial charge on any atom is -0.346 e. The van der Waals surface area contributed by atoms with Crippen LogP contribution >= 0.6 is 12.2 Å². The second-order valence-electron chi connectivity index (χ2n) is 4.93. The van der Waals surface area contributed by atoms with E-state index in [-0.39, 0.29) is 5.82 Å². The van der Waals surface area contributed by atoms with E-state index in [1.54, 1.807) is 13.0 Å². The fraction of sp³-hybridized carbons (Fsp3) is 0.500. The summed E-state index contributed by atoms with van der Waals surface area (Å²) in [6, 6.07) is 5.59. The molecule has 0 aliphatic carbocycles. The molecule has 0 spiro atoms. The summed E-state index contributed by atoms with van der Waals surface area (Å²) in [5.41, 5.74) is 1.37. The normalized spacial score (nSPS) is 19.7. The van der Waals surface area contributed by atoms with Crippen molar-refractivity contribution < 1.29 is 4.39 Å². The summed E-state index contributed by atoms with van der Waals surface area (Å²) in [6.45, 7) is 4.92. The smallest absolute Gasteiger partial charge is 0.173 e. The number of piperidine rings is 1. The van der Waals surface area contributed by atoms with Crippen LogP contribution in [0.15, 0.2) is 18.2 Å². The van der Waals surface area contributed by atoms with Crippen molar-refractivity contribution in [2.75, 3.05) is 11.9 Å². The molecule has 0 saturated carbocycles. The Morgan fingerprint density at radius 2 is 2.22 bits per heavy atom. The summed E-state index contributed by atoms with van der Waals surface area (Å²) in [5.74, 6) is -0.200. The van der Waals surface area contributed by atoms with Crippen LogP contribution in [0.5, 0.6) is 0 Å². The van der Waals surface area contributed by atoms with E-state index in [1.807, 2.05) is 6.07 Å². The zero-order valence-electron chi connectivity index (χ0n) is 10.9. The second kappa shape index (κ2) is 5.65. The number of anilines is 1. The van der Waals surface area contributed by atoms with Crippen molar-refractivity contribution in [1.82, 2.24) is 4.90 Å². The SMILES string of the molecule is Cc1ccc(NC(=S)N2CCCC[C@H]2C)cc1F. The Balaban J connectivity index is 2.04. The van der Waals surface area contributed by atoms with Crippen LogP contribution in [0.2, 0.25) is 0 Å². The van der Waals surface area contributed by atoms with E-state index in [2.05, 4.69) is 17.1 Å². The van der Waals surface area contributed by atoms with Crippen LogP contribution in [-0.2, 0) is 0 Å². The molecule has 0 radical (unpaired) electrons. The maximum absolute atomic E-state index is 13.5. The van der Waals surface area contributed by atoms with E-state index in [0.29, 0.717) is 16.7 Å². The van der Waals surface area contributed by atoms with Gasteiger partial charge < -0.3 is 10.2 Å². The number of likely N-dealkylation sites (tertiary alicyclic amines) is 1. The molecular formula is C14H19FN2S. The first-order valence-electron chi connectivity index (χ1n) is 6.41. The zero-order chi connectivity index (χ0) is 13.1. The molecule has 1 aliphatic rings. The summed E-state index contributed by atoms with van der Waals surface area (Å²) in [7, 11) is 0. The zero-order valence-corrected chi connectivity index (χ0v) is 11.7. The number of halogens is 1. The van der Waals surface area contributed by atoms with E-state index in [4.69, 9.17) is 12.2 Å². The van der Waals surface area contributed by atoms with Crippen molar-refractivity contribution >= 4 is 23.0 Å². The Morgan fingerprint density at radius 1 is 1.44 bits per heavy atom. The highest BCUT2D eigenvalue weighted by Crippen LogP contribution is 2.19. The molecule has 1 saturated heterocycles. The summed E-state index contributed by atoms with van der Waals surface area (Å²) in [4.78, 5) is 2.19. The Kier molecular flexibility index (Phi) is 4.17. The van der Waals surface area contributed by atoms with Crippen LogP contribution in [0, 0.1) is 12.7 Å². The number of nitrogens with one attached hydrogen (secondary N) is 1. The highest BCUT2D eigenvalue weighted by molar-refractivity contribution is 7.80. The van der Waals surface area contributed by atoms with Gasteiger partial charge in [-0.1, -0.05) is 6.07 Å². The number of aryl methyl sites for hydroxylation is 1. The van der Waals surface area contributed by atoms with Gasteiger partial charge in [-0.25, -0.2) is 4.39 Å². The molecule has 1 N–H and O–H groups in total. The second-order valence-corrected chi connectivity index (χ2v) is 5.32. The maximum atomic E-state index is 13.5. The van der Waals surface area contributed by atoms with Crippen molar-refractivity contribution in [3.8, 4) is 0 Å². The van der Waals surface area contributed by atoms with Gasteiger partial charge in [0.05, 0.1) is 0 Å². The van der Waals surface area contributed by atoms with Crippen LogP contribution in [0.4, 0.5) is 10.1 Å². The first kappa shape index (κ1) is 13.3. The standard InChI is InChI=1S/C14H19FN2S/c1-10-6-7-12(9-13(10)15)16-14(18)17-8-4-3-5-11(17)2/h6-7,9,11H,3-5,8H2,1-2H3,(H,16,18)/t11-/m1/s1. The lowest BCUT2D eigenvalue weighted by Gasteiger charge is -2.35. The highest BCUT2D eigenvalue weighted by Gasteiger charge is 2.20. The number of benzene rings is 1. The minimum atomic E-state index is -0.200. The molecule has 0 aromatic heterocycles. The summed E-state index contributed by atoms with van der Waals surface area (Å²) in [5, 5.41) is 3.83. The lowest BCUT2D eigenvalue weighted by atomic mass is 10.0. The molecule has 2 rings (SSSR count). The monoisotopic (exact) mass is 266 g/mol. The van der Waals surface area contributed by atoms with Crippen molar-refractivity contribution in [1.29, 1.82) is 0 Å². The molecule has 1 aliphatic heterocycles. The summed E-state index contributed by atoms with van der Waals surface area (Å²) >= 11 is 5.40. The van der Waals surface area contributed by atoms with Gasteiger partial charge in [0.2, 0.25) is 0 Å². The van der Waals surface area contributed by atoms with E-state index in [1.165, 1.54) is 25.3 Å². The van der Waals surface area contributed by atoms with Crippen molar-refractivity contribution in [2.45, 2.75) is 39.2 Å². The van der Waals surface area contributed by atoms with Gasteiger partial charge in [0.1, 0.15) is 5.82 Å². The number of hydrogen-bond donors (Lipinski definition) is 1. The Labute approximate surface area is 113 Å². The Morgan fingerprint density at radius 3 is 2.89 bits per heavy atom. The number of rotatable bonds is 1. The van der Waals surface area contributed by atoms with Gasteiger partial charge in [-0.2, -0.15) is 0 Å². The summed E-state index contributed by atoms with van der Waals surface area (Å²) < 4.78 is 13.5. The minimum absolute atomic E-state index is 0.200. The average molecular weight is 266 g/mol. The fourth-order valence-electron chi connectivity index (χ4n) is 2.27. The molecule has 0 amide bonds. The Hall–Kier alpha value is -1.16. The van der Waals surface area contributed by atoms with Gasteiger partial charge in [-0.15, -0.1) is 0 Å². The van der Waals surface area contributed by atoms with Crippen LogP contribution in [0.1, 0.15) is 31.7 Å². The van der Waals surface area contributed by atoms with Crippen LogP contribution in [0.3, 0.4) is 0 Å². The van der Waals surface area contributed by atoms with E-state index >= 15 is 0 Å². The van der Waals surface area contributed by atoms with E-state index in [9.17, 15) is 4.39 Å². The fourth-order valence-corrected chi connectivity index (χ4v) is 2.65. The van der Waals surface area contributed by atoms with E-state index in [0.717, 1.165) is 12.2 Å². The average Bonchev–Trinajstić information content (AvgIpc) is 2.34. The van der Waals surface area contributed by atoms with Gasteiger partial charge in [0.15, 0.2) is 5.11 Å². The molecule has 1 fully saturated rings. The maximum Gasteiger partial charge on any atom is 0.173 e. The molecule has 18 heavy (non-hydrogen) atoms. The summed E-state index contributed by atoms with van der Waals surface area (Å²) in [6.07, 6.45) is 3.61. The van der Waals surface area contributed by atoms with Gasteiger partial charge >= 0.3 is 0 Å². The predicted molar refractivity (Wildman–Crippen MR) is 77.4 cm³/mol. The Bertz CT molecular complexity index is 447. The number of nitrogens with zero attached hydrogens (tertiary/aromatic N) is 1. The molecule has 1 heterocycles. The third-order valence-corrected chi connectivity index (χ3v) is 3.82. The van der Waals surface area contributed by atoms with Gasteiger partial charge in [-0.3, -0.25) is 0 Å². The number of thiocarbonyl (C=S) groups is 1. The molecular weight excluding hydrogens is 247 g/mol. The molecule has 1 aromatic carbocycles. The molecule has 1 aromatic rings. The molecule has 98 valence electrons. The first-order valence-corrected chi connectivity index (χ1v) is 6.82. The highest BCUT2D eigenvalue weighted by atomic mass is 32.1. The third kappa shape index (κ3) is 2.99. The largest absolute Gasteiger partial charge is 0.346 e. The predicted octanol–water partition coefficient (Wildman–Crippen LogP) is 3.71. The van der Waals surface area contributed by atoms with Gasteiger partial charge in [0.25, 0.3) is 0 Å². The van der Waals surface area contributed by atoms with Crippen molar-refractivity contribution in [2.24, 2.45) is 0 Å². The van der Waals surface area contributed by atoms with Gasteiger partial charge in [0, 0.05) is 18.3 Å². The molecule has 1 atom stereocenters. The molecule has 0 bridgehead atoms. The lowest BCUT2D eigenvalue weighted by Crippen LogP contribution is -2.44. The molecule has 0 unspecified atom stereocenters. The van der Waals surface area contributed by atoms with Crippen LogP contribution < -0.4 is 5.32 Å². The van der Waals surface area contributed by atoms with Crippen molar-refractivity contribution in [3.05, 3.63) is 29.6 Å². The van der Waals surface area contributed by atoms with E-state index < -0.39 is 0 Å². The van der Waals surface area contributed by atoms with Crippen molar-refractivity contribution in [3.63, 3.8) is 0 Å². The van der Waals surface area contributed by atoms with Crippen LogP contribution in [-0.4, -0.2) is 22.6 Å². The quantitative estimate of drug-likeness (QED) is 0.780. The van der Waals surface area contributed by atoms with Gasteiger partial charge in [-0.05, 0) is 63.0 Å². The molecule has 2 nitrogen and oxygen atoms in total. The van der Waals surface area contributed by atoms with Crippen LogP contribution in [0.25, 0.3) is 0 Å². The first-order chi connectivity index (χ1) is 8.58. The third-order valence-electron chi connectivity index (χ3n) is 3.49. The number of hydrogen-bond acceptors (Lipinski definition) is 1. The lowest BCUT2D eigenvalue weighted by molar-refractivity contribution is 0.262.